The zero-order valence-corrected chi connectivity index (χ0v) is 13.6. The number of H-pyrrole nitrogens is 1. The molecule has 23 heavy (non-hydrogen) atoms. The van der Waals surface area contributed by atoms with Crippen molar-refractivity contribution in [3.63, 3.8) is 0 Å². The molecule has 6 nitrogen and oxygen atoms in total. The number of rotatable bonds is 4. The van der Waals surface area contributed by atoms with Crippen LogP contribution >= 0.6 is 11.8 Å². The Balaban J connectivity index is 2.05. The number of nitrogens with two attached hydrogens (primary N) is 1. The Hall–Kier alpha value is -2.28. The highest BCUT2D eigenvalue weighted by molar-refractivity contribution is 7.99. The second-order valence-electron chi connectivity index (χ2n) is 5.45. The molecule has 3 rings (SSSR count). The lowest BCUT2D eigenvalue weighted by Crippen LogP contribution is -2.31. The summed E-state index contributed by atoms with van der Waals surface area (Å²) >= 11 is 1.47. The number of hydrogen-bond acceptors (Lipinski definition) is 5. The van der Waals surface area contributed by atoms with E-state index < -0.39 is 0 Å². The van der Waals surface area contributed by atoms with Crippen LogP contribution in [0, 0.1) is 0 Å². The molecular weight excluding hydrogens is 312 g/mol. The second kappa shape index (κ2) is 6.45. The molecule has 0 bridgehead atoms. The third kappa shape index (κ3) is 3.24. The Kier molecular flexibility index (Phi) is 4.38. The molecule has 2 aromatic rings. The molecule has 0 fully saturated rings. The van der Waals surface area contributed by atoms with Gasteiger partial charge < -0.3 is 16.0 Å². The number of benzene rings is 1. The van der Waals surface area contributed by atoms with Crippen LogP contribution in [0.2, 0.25) is 0 Å². The molecule has 0 spiro atoms. The fraction of sp³-hybridized carbons (Fsp3) is 0.312. The van der Waals surface area contributed by atoms with Crippen molar-refractivity contribution >= 4 is 29.2 Å². The quantitative estimate of drug-likeness (QED) is 0.454. The third-order valence-corrected chi connectivity index (χ3v) is 4.79. The summed E-state index contributed by atoms with van der Waals surface area (Å²) < 4.78 is 0. The lowest BCUT2D eigenvalue weighted by atomic mass is 9.87. The number of aromatic amines is 1. The normalized spacial score (nSPS) is 16.7. The van der Waals surface area contributed by atoms with Crippen molar-refractivity contribution in [1.29, 1.82) is 0 Å². The molecule has 1 unspecified atom stereocenters. The SMILES string of the molecule is CCCSc1nc2c(c(=O)[nH]1)C(c1ccc(N)cc1)CC(=O)N2. The van der Waals surface area contributed by atoms with E-state index >= 15 is 0 Å². The monoisotopic (exact) mass is 330 g/mol. The summed E-state index contributed by atoms with van der Waals surface area (Å²) in [5, 5.41) is 3.26. The summed E-state index contributed by atoms with van der Waals surface area (Å²) in [6.45, 7) is 2.06. The van der Waals surface area contributed by atoms with E-state index in [2.05, 4.69) is 22.2 Å². The molecule has 2 heterocycles. The van der Waals surface area contributed by atoms with Crippen LogP contribution in [0.5, 0.6) is 0 Å². The predicted octanol–water partition coefficient (Wildman–Crippen LogP) is 2.33. The first-order chi connectivity index (χ1) is 11.1. The maximum Gasteiger partial charge on any atom is 0.257 e. The summed E-state index contributed by atoms with van der Waals surface area (Å²) in [5.74, 6) is 0.784. The number of nitrogen functional groups attached to an aromatic ring is 1. The van der Waals surface area contributed by atoms with Gasteiger partial charge in [-0.3, -0.25) is 9.59 Å². The van der Waals surface area contributed by atoms with Gasteiger partial charge in [-0.25, -0.2) is 4.98 Å². The Morgan fingerprint density at radius 3 is 2.74 bits per heavy atom. The number of anilines is 2. The Labute approximate surface area is 137 Å². The predicted molar refractivity (Wildman–Crippen MR) is 91.8 cm³/mol. The fourth-order valence-corrected chi connectivity index (χ4v) is 3.35. The van der Waals surface area contributed by atoms with Crippen LogP contribution in [0.25, 0.3) is 0 Å². The lowest BCUT2D eigenvalue weighted by Gasteiger charge is -2.24. The molecule has 1 atom stereocenters. The zero-order valence-electron chi connectivity index (χ0n) is 12.8. The minimum Gasteiger partial charge on any atom is -0.399 e. The van der Waals surface area contributed by atoms with Crippen LogP contribution < -0.4 is 16.6 Å². The molecule has 0 saturated carbocycles. The smallest absolute Gasteiger partial charge is 0.257 e. The molecule has 1 aromatic carbocycles. The molecule has 0 saturated heterocycles. The van der Waals surface area contributed by atoms with Gasteiger partial charge in [0.2, 0.25) is 5.91 Å². The minimum absolute atomic E-state index is 0.135. The number of aromatic nitrogens is 2. The van der Waals surface area contributed by atoms with Gasteiger partial charge in [0.1, 0.15) is 5.82 Å². The van der Waals surface area contributed by atoms with Gasteiger partial charge in [0.05, 0.1) is 5.56 Å². The van der Waals surface area contributed by atoms with Crippen LogP contribution in [0.1, 0.15) is 36.8 Å². The molecular formula is C16H18N4O2S. The maximum atomic E-state index is 12.5. The highest BCUT2D eigenvalue weighted by Crippen LogP contribution is 2.34. The number of carbonyl (C=O) groups is 1. The van der Waals surface area contributed by atoms with Crippen molar-refractivity contribution < 1.29 is 4.79 Å². The Morgan fingerprint density at radius 1 is 1.30 bits per heavy atom. The first-order valence-electron chi connectivity index (χ1n) is 7.50. The van der Waals surface area contributed by atoms with Crippen molar-refractivity contribution in [2.45, 2.75) is 30.8 Å². The average Bonchev–Trinajstić information content (AvgIpc) is 2.52. The van der Waals surface area contributed by atoms with Gasteiger partial charge in [-0.15, -0.1) is 0 Å². The van der Waals surface area contributed by atoms with Gasteiger partial charge in [0.15, 0.2) is 5.16 Å². The number of hydrogen-bond donors (Lipinski definition) is 3. The molecule has 1 aliphatic rings. The summed E-state index contributed by atoms with van der Waals surface area (Å²) in [6, 6.07) is 7.24. The zero-order chi connectivity index (χ0) is 16.4. The molecule has 0 radical (unpaired) electrons. The van der Waals surface area contributed by atoms with E-state index in [9.17, 15) is 9.59 Å². The maximum absolute atomic E-state index is 12.5. The largest absolute Gasteiger partial charge is 0.399 e. The average molecular weight is 330 g/mol. The van der Waals surface area contributed by atoms with Crippen molar-refractivity contribution in [2.75, 3.05) is 16.8 Å². The Morgan fingerprint density at radius 2 is 2.04 bits per heavy atom. The molecule has 120 valence electrons. The van der Waals surface area contributed by atoms with Crippen molar-refractivity contribution in [2.24, 2.45) is 0 Å². The van der Waals surface area contributed by atoms with Crippen molar-refractivity contribution in [1.82, 2.24) is 9.97 Å². The van der Waals surface area contributed by atoms with Crippen LogP contribution in [-0.2, 0) is 4.79 Å². The van der Waals surface area contributed by atoms with Gasteiger partial charge in [-0.1, -0.05) is 30.8 Å². The van der Waals surface area contributed by atoms with Crippen LogP contribution in [0.15, 0.2) is 34.2 Å². The second-order valence-corrected chi connectivity index (χ2v) is 6.54. The number of amides is 1. The molecule has 1 aromatic heterocycles. The molecule has 0 aliphatic carbocycles. The third-order valence-electron chi connectivity index (χ3n) is 3.71. The fourth-order valence-electron chi connectivity index (χ4n) is 2.63. The Bertz CT molecular complexity index is 786. The van der Waals surface area contributed by atoms with Gasteiger partial charge >= 0.3 is 0 Å². The number of carbonyl (C=O) groups excluding carboxylic acids is 1. The summed E-state index contributed by atoms with van der Waals surface area (Å²) in [4.78, 5) is 31.8. The van der Waals surface area contributed by atoms with Crippen LogP contribution in [0.3, 0.4) is 0 Å². The highest BCUT2D eigenvalue weighted by Gasteiger charge is 2.30. The van der Waals surface area contributed by atoms with E-state index in [-0.39, 0.29) is 23.8 Å². The topological polar surface area (TPSA) is 101 Å². The van der Waals surface area contributed by atoms with E-state index in [0.717, 1.165) is 17.7 Å². The summed E-state index contributed by atoms with van der Waals surface area (Å²) in [6.07, 6.45) is 1.20. The van der Waals surface area contributed by atoms with Gasteiger partial charge in [-0.05, 0) is 24.1 Å². The number of nitrogens with zero attached hydrogens (tertiary/aromatic N) is 1. The van der Waals surface area contributed by atoms with E-state index in [1.54, 1.807) is 12.1 Å². The van der Waals surface area contributed by atoms with E-state index in [0.29, 0.717) is 22.2 Å². The van der Waals surface area contributed by atoms with Crippen molar-refractivity contribution in [3.05, 3.63) is 45.7 Å². The number of thioether (sulfide) groups is 1. The minimum atomic E-state index is -0.305. The molecule has 7 heteroatoms. The van der Waals surface area contributed by atoms with E-state index in [1.807, 2.05) is 12.1 Å². The highest BCUT2D eigenvalue weighted by atomic mass is 32.2. The number of fused-ring (bicyclic) bond motifs is 1. The summed E-state index contributed by atoms with van der Waals surface area (Å²) in [5.41, 5.74) is 7.55. The van der Waals surface area contributed by atoms with Crippen LogP contribution in [0.4, 0.5) is 11.5 Å². The first-order valence-corrected chi connectivity index (χ1v) is 8.49. The van der Waals surface area contributed by atoms with E-state index in [4.69, 9.17) is 5.73 Å². The molecule has 1 aliphatic heterocycles. The number of nitrogens with one attached hydrogen (secondary N) is 2. The van der Waals surface area contributed by atoms with Gasteiger partial charge in [0, 0.05) is 23.8 Å². The van der Waals surface area contributed by atoms with Gasteiger partial charge in [-0.2, -0.15) is 0 Å². The lowest BCUT2D eigenvalue weighted by molar-refractivity contribution is -0.116. The van der Waals surface area contributed by atoms with Crippen LogP contribution in [-0.4, -0.2) is 21.6 Å². The molecule has 4 N–H and O–H groups in total. The standard InChI is InChI=1S/C16H18N4O2S/c1-2-7-23-16-19-14-13(15(22)20-16)11(8-12(21)18-14)9-3-5-10(17)6-4-9/h3-6,11H,2,7-8,17H2,1H3,(H2,18,19,20,21,22). The first kappa shape index (κ1) is 15.6. The van der Waals surface area contributed by atoms with E-state index in [1.165, 1.54) is 11.8 Å². The molecule has 1 amide bonds. The van der Waals surface area contributed by atoms with Gasteiger partial charge in [0.25, 0.3) is 5.56 Å². The summed E-state index contributed by atoms with van der Waals surface area (Å²) in [7, 11) is 0. The van der Waals surface area contributed by atoms with Crippen molar-refractivity contribution in [3.8, 4) is 0 Å².